The maximum atomic E-state index is 12.4. The van der Waals surface area contributed by atoms with E-state index in [9.17, 15) is 9.59 Å². The smallest absolute Gasteiger partial charge is 0.255 e. The van der Waals surface area contributed by atoms with Crippen LogP contribution in [0.2, 0.25) is 0 Å². The van der Waals surface area contributed by atoms with Crippen molar-refractivity contribution in [2.45, 2.75) is 26.3 Å². The first-order valence-corrected chi connectivity index (χ1v) is 8.35. The Morgan fingerprint density at radius 1 is 0.960 bits per heavy atom. The van der Waals surface area contributed by atoms with Crippen LogP contribution in [0, 0.1) is 5.92 Å². The number of amides is 2. The average Bonchev–Trinajstić information content (AvgIpc) is 2.62. The molecule has 0 fully saturated rings. The fraction of sp³-hybridized carbons (Fsp3) is 0.300. The zero-order valence-corrected chi connectivity index (χ0v) is 14.9. The van der Waals surface area contributed by atoms with Gasteiger partial charge in [-0.1, -0.05) is 32.0 Å². The summed E-state index contributed by atoms with van der Waals surface area (Å²) in [4.78, 5) is 24.6. The summed E-state index contributed by atoms with van der Waals surface area (Å²) >= 11 is 0. The second-order valence-corrected chi connectivity index (χ2v) is 6.63. The molecule has 0 radical (unpaired) electrons. The Balaban J connectivity index is 2.04. The lowest BCUT2D eigenvalue weighted by Gasteiger charge is -2.33. The number of benzene rings is 2. The normalized spacial score (nSPS) is 13.2. The molecular formula is C20H25N3O2. The molecule has 2 aromatic carbocycles. The molecule has 0 aliphatic rings. The van der Waals surface area contributed by atoms with Gasteiger partial charge < -0.3 is 16.4 Å². The van der Waals surface area contributed by atoms with Gasteiger partial charge in [-0.15, -0.1) is 0 Å². The monoisotopic (exact) mass is 339 g/mol. The minimum atomic E-state index is -0.461. The van der Waals surface area contributed by atoms with Gasteiger partial charge in [-0.05, 0) is 49.2 Å². The van der Waals surface area contributed by atoms with Crippen LogP contribution in [0.3, 0.4) is 0 Å². The Morgan fingerprint density at radius 2 is 1.52 bits per heavy atom. The summed E-state index contributed by atoms with van der Waals surface area (Å²) in [7, 11) is 0. The van der Waals surface area contributed by atoms with E-state index in [4.69, 9.17) is 5.73 Å². The van der Waals surface area contributed by atoms with E-state index in [0.717, 1.165) is 0 Å². The van der Waals surface area contributed by atoms with Gasteiger partial charge in [0.05, 0.1) is 5.54 Å². The maximum Gasteiger partial charge on any atom is 0.255 e. The number of carbonyl (C=O) groups excluding carboxylic acids is 2. The van der Waals surface area contributed by atoms with Crippen molar-refractivity contribution in [1.29, 1.82) is 0 Å². The molecule has 0 spiro atoms. The van der Waals surface area contributed by atoms with Gasteiger partial charge in [0.1, 0.15) is 0 Å². The minimum Gasteiger partial charge on any atom is -0.345 e. The summed E-state index contributed by atoms with van der Waals surface area (Å²) in [6, 6.07) is 15.8. The molecule has 0 aliphatic carbocycles. The SMILES string of the molecule is CC(C)C(C)(CN)NC(=O)c1ccc(NC(=O)c2ccccc2)cc1. The van der Waals surface area contributed by atoms with Crippen LogP contribution in [0.15, 0.2) is 54.6 Å². The molecule has 1 unspecified atom stereocenters. The number of carbonyl (C=O) groups is 2. The van der Waals surface area contributed by atoms with Gasteiger partial charge in [0, 0.05) is 23.4 Å². The Morgan fingerprint density at radius 3 is 2.04 bits per heavy atom. The molecule has 0 saturated heterocycles. The minimum absolute atomic E-state index is 0.178. The van der Waals surface area contributed by atoms with Crippen LogP contribution < -0.4 is 16.4 Å². The van der Waals surface area contributed by atoms with Gasteiger partial charge in [-0.25, -0.2) is 0 Å². The van der Waals surface area contributed by atoms with Crippen molar-refractivity contribution in [1.82, 2.24) is 5.32 Å². The highest BCUT2D eigenvalue weighted by Gasteiger charge is 2.28. The predicted molar refractivity (Wildman–Crippen MR) is 101 cm³/mol. The molecule has 0 heterocycles. The molecule has 0 bridgehead atoms. The molecule has 132 valence electrons. The molecule has 5 nitrogen and oxygen atoms in total. The van der Waals surface area contributed by atoms with Crippen LogP contribution in [0.4, 0.5) is 5.69 Å². The number of hydrogen-bond acceptors (Lipinski definition) is 3. The second kappa shape index (κ2) is 7.94. The molecule has 0 aliphatic heterocycles. The number of nitrogens with one attached hydrogen (secondary N) is 2. The summed E-state index contributed by atoms with van der Waals surface area (Å²) < 4.78 is 0. The molecule has 5 heteroatoms. The molecule has 2 aromatic rings. The Hall–Kier alpha value is -2.66. The lowest BCUT2D eigenvalue weighted by atomic mass is 9.88. The molecule has 2 amide bonds. The highest BCUT2D eigenvalue weighted by molar-refractivity contribution is 6.04. The topological polar surface area (TPSA) is 84.2 Å². The van der Waals surface area contributed by atoms with Crippen LogP contribution in [0.25, 0.3) is 0 Å². The van der Waals surface area contributed by atoms with Crippen LogP contribution in [-0.4, -0.2) is 23.9 Å². The van der Waals surface area contributed by atoms with E-state index in [0.29, 0.717) is 23.4 Å². The quantitative estimate of drug-likeness (QED) is 0.756. The van der Waals surface area contributed by atoms with Gasteiger partial charge in [0.25, 0.3) is 11.8 Å². The number of nitrogens with two attached hydrogens (primary N) is 1. The number of rotatable bonds is 6. The number of anilines is 1. The fourth-order valence-corrected chi connectivity index (χ4v) is 2.26. The third-order valence-corrected chi connectivity index (χ3v) is 4.54. The average molecular weight is 339 g/mol. The van der Waals surface area contributed by atoms with E-state index in [-0.39, 0.29) is 17.7 Å². The Kier molecular flexibility index (Phi) is 5.93. The summed E-state index contributed by atoms with van der Waals surface area (Å²) in [5.41, 5.74) is 7.09. The largest absolute Gasteiger partial charge is 0.345 e. The van der Waals surface area contributed by atoms with Crippen LogP contribution in [0.5, 0.6) is 0 Å². The van der Waals surface area contributed by atoms with Gasteiger partial charge in [0.15, 0.2) is 0 Å². The summed E-state index contributed by atoms with van der Waals surface area (Å²) in [6.07, 6.45) is 0. The first kappa shape index (κ1) is 18.7. The molecule has 0 aromatic heterocycles. The molecule has 2 rings (SSSR count). The number of hydrogen-bond donors (Lipinski definition) is 3. The van der Waals surface area contributed by atoms with Gasteiger partial charge >= 0.3 is 0 Å². The molecule has 25 heavy (non-hydrogen) atoms. The van der Waals surface area contributed by atoms with E-state index < -0.39 is 5.54 Å². The van der Waals surface area contributed by atoms with E-state index >= 15 is 0 Å². The van der Waals surface area contributed by atoms with Crippen molar-refractivity contribution in [3.8, 4) is 0 Å². The van der Waals surface area contributed by atoms with Crippen LogP contribution >= 0.6 is 0 Å². The highest BCUT2D eigenvalue weighted by Crippen LogP contribution is 2.17. The van der Waals surface area contributed by atoms with Crippen molar-refractivity contribution >= 4 is 17.5 Å². The molecule has 0 saturated carbocycles. The van der Waals surface area contributed by atoms with Crippen LogP contribution in [-0.2, 0) is 0 Å². The van der Waals surface area contributed by atoms with Crippen LogP contribution in [0.1, 0.15) is 41.5 Å². The van der Waals surface area contributed by atoms with Gasteiger partial charge in [0.2, 0.25) is 0 Å². The van der Waals surface area contributed by atoms with Crippen molar-refractivity contribution in [3.05, 3.63) is 65.7 Å². The van der Waals surface area contributed by atoms with E-state index in [1.165, 1.54) is 0 Å². The van der Waals surface area contributed by atoms with Gasteiger partial charge in [-0.2, -0.15) is 0 Å². The zero-order valence-electron chi connectivity index (χ0n) is 14.9. The van der Waals surface area contributed by atoms with Crippen molar-refractivity contribution in [3.63, 3.8) is 0 Å². The molecular weight excluding hydrogens is 314 g/mol. The van der Waals surface area contributed by atoms with Crippen molar-refractivity contribution in [2.75, 3.05) is 11.9 Å². The van der Waals surface area contributed by atoms with E-state index in [1.807, 2.05) is 39.0 Å². The lowest BCUT2D eigenvalue weighted by Crippen LogP contribution is -2.55. The van der Waals surface area contributed by atoms with E-state index in [1.54, 1.807) is 36.4 Å². The highest BCUT2D eigenvalue weighted by atomic mass is 16.2. The van der Waals surface area contributed by atoms with Gasteiger partial charge in [-0.3, -0.25) is 9.59 Å². The summed E-state index contributed by atoms with van der Waals surface area (Å²) in [5.74, 6) is -0.151. The maximum absolute atomic E-state index is 12.4. The second-order valence-electron chi connectivity index (χ2n) is 6.63. The molecule has 1 atom stereocenters. The Labute approximate surface area is 148 Å². The fourth-order valence-electron chi connectivity index (χ4n) is 2.26. The lowest BCUT2D eigenvalue weighted by molar-refractivity contribution is 0.0883. The van der Waals surface area contributed by atoms with E-state index in [2.05, 4.69) is 10.6 Å². The first-order valence-electron chi connectivity index (χ1n) is 8.35. The zero-order chi connectivity index (χ0) is 18.4. The van der Waals surface area contributed by atoms with Crippen molar-refractivity contribution < 1.29 is 9.59 Å². The molecule has 4 N–H and O–H groups in total. The Bertz CT molecular complexity index is 726. The third kappa shape index (κ3) is 4.67. The predicted octanol–water partition coefficient (Wildman–Crippen LogP) is 3.04. The van der Waals surface area contributed by atoms with Crippen molar-refractivity contribution in [2.24, 2.45) is 11.7 Å². The summed E-state index contributed by atoms with van der Waals surface area (Å²) in [6.45, 7) is 6.34. The standard InChI is InChI=1S/C20H25N3O2/c1-14(2)20(3,13-21)23-19(25)16-9-11-17(12-10-16)22-18(24)15-7-5-4-6-8-15/h4-12,14H,13,21H2,1-3H3,(H,22,24)(H,23,25). The first-order chi connectivity index (χ1) is 11.9. The summed E-state index contributed by atoms with van der Waals surface area (Å²) in [5, 5.41) is 5.80. The third-order valence-electron chi connectivity index (χ3n) is 4.54.